The van der Waals surface area contributed by atoms with E-state index in [4.69, 9.17) is 18.6 Å². The lowest BCUT2D eigenvalue weighted by molar-refractivity contribution is -0.265. The number of carbonyl (C=O) groups excluding carboxylic acids is 4. The Hall–Kier alpha value is -2.94. The van der Waals surface area contributed by atoms with Gasteiger partial charge in [-0.2, -0.15) is 0 Å². The zero-order chi connectivity index (χ0) is 30.1. The molecule has 3 saturated carbocycles. The first kappa shape index (κ1) is 29.5. The standard InChI is InChI=1S/C32H42O9/c1-8-17(2)26(35)41-28-29(3,4)22(14-23(33)38-7)31(6)20-9-11-30(5)21(19(20)15-32(28,37)27(31)36)13-24(34)40-25(30)18-10-12-39-16-18/h8,10,12,16,19-22,25,28,37H,9,11,13-15H2,1-7H3/t19-,20+,21+,22+,25+,28+,30-,31-,32+/m1/s1. The van der Waals surface area contributed by atoms with E-state index in [1.807, 2.05) is 20.8 Å². The van der Waals surface area contributed by atoms with Gasteiger partial charge in [0.1, 0.15) is 12.2 Å². The highest BCUT2D eigenvalue weighted by atomic mass is 16.6. The second kappa shape index (κ2) is 9.82. The quantitative estimate of drug-likeness (QED) is 0.304. The molecule has 0 aromatic carbocycles. The van der Waals surface area contributed by atoms with Gasteiger partial charge in [0.25, 0.3) is 0 Å². The van der Waals surface area contributed by atoms with Crippen molar-refractivity contribution in [2.75, 3.05) is 7.11 Å². The van der Waals surface area contributed by atoms with Gasteiger partial charge in [0, 0.05) is 40.2 Å². The molecule has 1 saturated heterocycles. The van der Waals surface area contributed by atoms with Crippen molar-refractivity contribution in [3.63, 3.8) is 0 Å². The fraction of sp³-hybridized carbons (Fsp3) is 0.688. The topological polar surface area (TPSA) is 129 Å². The van der Waals surface area contributed by atoms with E-state index in [9.17, 15) is 24.3 Å². The first-order chi connectivity index (χ1) is 19.2. The van der Waals surface area contributed by atoms with Crippen LogP contribution in [-0.4, -0.2) is 47.6 Å². The summed E-state index contributed by atoms with van der Waals surface area (Å²) in [5.74, 6) is -3.09. The Morgan fingerprint density at radius 1 is 1.17 bits per heavy atom. The van der Waals surface area contributed by atoms with Gasteiger partial charge >= 0.3 is 17.9 Å². The molecule has 1 aliphatic heterocycles. The zero-order valence-electron chi connectivity index (χ0n) is 25.0. The highest BCUT2D eigenvalue weighted by Crippen LogP contribution is 2.70. The number of furan rings is 1. The molecule has 9 nitrogen and oxygen atoms in total. The van der Waals surface area contributed by atoms with E-state index in [0.29, 0.717) is 18.4 Å². The van der Waals surface area contributed by atoms with Crippen molar-refractivity contribution < 1.29 is 42.9 Å². The van der Waals surface area contributed by atoms with Crippen molar-refractivity contribution in [2.24, 2.45) is 39.9 Å². The molecular weight excluding hydrogens is 528 g/mol. The largest absolute Gasteiger partial charge is 0.472 e. The van der Waals surface area contributed by atoms with E-state index in [1.165, 1.54) is 7.11 Å². The van der Waals surface area contributed by atoms with Crippen LogP contribution >= 0.6 is 0 Å². The van der Waals surface area contributed by atoms with E-state index in [-0.39, 0.29) is 43.0 Å². The van der Waals surface area contributed by atoms with Gasteiger partial charge < -0.3 is 23.7 Å². The highest BCUT2D eigenvalue weighted by molar-refractivity contribution is 5.97. The van der Waals surface area contributed by atoms with E-state index in [2.05, 4.69) is 6.92 Å². The lowest BCUT2D eigenvalue weighted by atomic mass is 9.36. The predicted molar refractivity (Wildman–Crippen MR) is 146 cm³/mol. The van der Waals surface area contributed by atoms with Crippen molar-refractivity contribution in [2.45, 2.75) is 91.5 Å². The number of hydrogen-bond donors (Lipinski definition) is 1. The van der Waals surface area contributed by atoms with Crippen LogP contribution in [0.3, 0.4) is 0 Å². The number of ketones is 1. The van der Waals surface area contributed by atoms with Crippen LogP contribution in [0.5, 0.6) is 0 Å². The van der Waals surface area contributed by atoms with Gasteiger partial charge in [-0.1, -0.05) is 33.8 Å². The molecule has 41 heavy (non-hydrogen) atoms. The summed E-state index contributed by atoms with van der Waals surface area (Å²) >= 11 is 0. The lowest BCUT2D eigenvalue weighted by Crippen LogP contribution is -2.77. The molecule has 2 heterocycles. The molecule has 3 aliphatic carbocycles. The molecule has 0 spiro atoms. The molecule has 1 aromatic heterocycles. The number of ether oxygens (including phenoxy) is 3. The number of carbonyl (C=O) groups is 4. The van der Waals surface area contributed by atoms with E-state index in [1.54, 1.807) is 38.5 Å². The predicted octanol–water partition coefficient (Wildman–Crippen LogP) is 4.72. The average Bonchev–Trinajstić information content (AvgIpc) is 3.46. The van der Waals surface area contributed by atoms with Crippen molar-refractivity contribution in [1.29, 1.82) is 0 Å². The SMILES string of the molecule is CC=C(C)C(=O)O[C@H]1C(C)(C)[C@H](CC(=O)OC)[C@]2(C)C(=O)[C@@]1(O)C[C@H]1[C@@H]3CC(=O)O[C@@H](c4ccoc4)[C@]3(C)CC[C@@H]12. The third-order valence-corrected chi connectivity index (χ3v) is 11.5. The fourth-order valence-electron chi connectivity index (χ4n) is 9.33. The Kier molecular flexibility index (Phi) is 7.08. The molecule has 224 valence electrons. The van der Waals surface area contributed by atoms with Gasteiger partial charge in [-0.15, -0.1) is 0 Å². The second-order valence-corrected chi connectivity index (χ2v) is 13.7. The molecule has 0 unspecified atom stereocenters. The molecule has 1 aromatic rings. The van der Waals surface area contributed by atoms with Crippen LogP contribution in [0, 0.1) is 39.9 Å². The molecular formula is C32H42O9. The number of fused-ring (bicyclic) bond motifs is 6. The van der Waals surface area contributed by atoms with Gasteiger partial charge in [0.15, 0.2) is 11.4 Å². The maximum absolute atomic E-state index is 14.5. The second-order valence-electron chi connectivity index (χ2n) is 13.7. The summed E-state index contributed by atoms with van der Waals surface area (Å²) in [6.07, 6.45) is 4.52. The molecule has 4 fully saturated rings. The smallest absolute Gasteiger partial charge is 0.333 e. The monoisotopic (exact) mass is 570 g/mol. The van der Waals surface area contributed by atoms with Gasteiger partial charge in [-0.05, 0) is 62.8 Å². The minimum Gasteiger partial charge on any atom is -0.472 e. The van der Waals surface area contributed by atoms with Crippen LogP contribution in [0.25, 0.3) is 0 Å². The van der Waals surface area contributed by atoms with Crippen molar-refractivity contribution >= 4 is 23.7 Å². The molecule has 9 atom stereocenters. The van der Waals surface area contributed by atoms with Crippen LogP contribution in [0.2, 0.25) is 0 Å². The molecule has 5 rings (SSSR count). The normalized spacial score (nSPS) is 41.5. The summed E-state index contributed by atoms with van der Waals surface area (Å²) in [6.45, 7) is 11.0. The Labute approximate surface area is 241 Å². The summed E-state index contributed by atoms with van der Waals surface area (Å²) in [6, 6.07) is 1.81. The minimum absolute atomic E-state index is 0.0545. The Bertz CT molecular complexity index is 1280. The van der Waals surface area contributed by atoms with Gasteiger partial charge in [-0.3, -0.25) is 14.4 Å². The first-order valence-corrected chi connectivity index (χ1v) is 14.6. The summed E-state index contributed by atoms with van der Waals surface area (Å²) in [7, 11) is 1.31. The minimum atomic E-state index is -2.00. The molecule has 0 amide bonds. The summed E-state index contributed by atoms with van der Waals surface area (Å²) < 4.78 is 22.3. The lowest BCUT2D eigenvalue weighted by Gasteiger charge is -2.68. The van der Waals surface area contributed by atoms with Gasteiger partial charge in [0.05, 0.1) is 19.6 Å². The van der Waals surface area contributed by atoms with Crippen molar-refractivity contribution in [1.82, 2.24) is 0 Å². The van der Waals surface area contributed by atoms with Crippen LogP contribution in [-0.2, 0) is 33.4 Å². The van der Waals surface area contributed by atoms with Crippen molar-refractivity contribution in [3.05, 3.63) is 35.8 Å². The molecule has 0 radical (unpaired) electrons. The molecule has 9 heteroatoms. The van der Waals surface area contributed by atoms with Gasteiger partial charge in [0.2, 0.25) is 0 Å². The first-order valence-electron chi connectivity index (χ1n) is 14.6. The summed E-state index contributed by atoms with van der Waals surface area (Å²) in [5.41, 5.74) is -3.42. The van der Waals surface area contributed by atoms with Gasteiger partial charge in [-0.25, -0.2) is 4.79 Å². The number of allylic oxidation sites excluding steroid dienone is 1. The molecule has 4 aliphatic rings. The van der Waals surface area contributed by atoms with Crippen LogP contribution in [0.15, 0.2) is 34.7 Å². The van der Waals surface area contributed by atoms with E-state index < -0.39 is 57.7 Å². The van der Waals surface area contributed by atoms with E-state index in [0.717, 1.165) is 5.56 Å². The fourth-order valence-corrected chi connectivity index (χ4v) is 9.33. The maximum Gasteiger partial charge on any atom is 0.333 e. The van der Waals surface area contributed by atoms with Crippen LogP contribution < -0.4 is 0 Å². The average molecular weight is 571 g/mol. The molecule has 2 bridgehead atoms. The maximum atomic E-state index is 14.5. The number of methoxy groups -OCH3 is 1. The number of esters is 3. The number of cyclic esters (lactones) is 1. The van der Waals surface area contributed by atoms with E-state index >= 15 is 0 Å². The third kappa shape index (κ3) is 4.13. The Morgan fingerprint density at radius 2 is 1.88 bits per heavy atom. The Morgan fingerprint density at radius 3 is 2.49 bits per heavy atom. The van der Waals surface area contributed by atoms with Crippen LogP contribution in [0.1, 0.15) is 85.3 Å². The van der Waals surface area contributed by atoms with Crippen LogP contribution in [0.4, 0.5) is 0 Å². The Balaban J connectivity index is 1.65. The zero-order valence-corrected chi connectivity index (χ0v) is 25.0. The van der Waals surface area contributed by atoms with Crippen molar-refractivity contribution in [3.8, 4) is 0 Å². The highest BCUT2D eigenvalue weighted by Gasteiger charge is 2.76. The number of aliphatic hydroxyl groups is 1. The summed E-state index contributed by atoms with van der Waals surface area (Å²) in [5, 5.41) is 12.5. The molecule has 1 N–H and O–H groups in total. The number of rotatable bonds is 5. The number of Topliss-reactive ketones (excluding diaryl/α,β-unsaturated/α-hetero) is 1. The third-order valence-electron chi connectivity index (χ3n) is 11.5. The summed E-state index contributed by atoms with van der Waals surface area (Å²) in [4.78, 5) is 53.5. The number of hydrogen-bond acceptors (Lipinski definition) is 9.